The number of anilines is 1. The Bertz CT molecular complexity index is 730. The average Bonchev–Trinajstić information content (AvgIpc) is 2.51. The van der Waals surface area contributed by atoms with Gasteiger partial charge in [-0.2, -0.15) is 0 Å². The maximum Gasteiger partial charge on any atom is 0.106 e. The minimum absolute atomic E-state index is 0.612. The summed E-state index contributed by atoms with van der Waals surface area (Å²) >= 11 is 3.48. The van der Waals surface area contributed by atoms with Crippen LogP contribution in [0.4, 0.5) is 5.69 Å². The number of rotatable bonds is 2. The fraction of sp³-hybridized carbons (Fsp3) is 0. The largest absolute Gasteiger partial charge is 0.398 e. The van der Waals surface area contributed by atoms with Gasteiger partial charge < -0.3 is 5.73 Å². The summed E-state index contributed by atoms with van der Waals surface area (Å²) in [6.07, 6.45) is 3.46. The molecule has 3 aromatic rings. The number of pyridine rings is 3. The molecular weight excluding hydrogens is 316 g/mol. The van der Waals surface area contributed by atoms with E-state index >= 15 is 0 Å². The molecule has 0 unspecified atom stereocenters. The smallest absolute Gasteiger partial charge is 0.106 e. The van der Waals surface area contributed by atoms with Crippen LogP contribution in [-0.2, 0) is 0 Å². The van der Waals surface area contributed by atoms with Gasteiger partial charge in [0.2, 0.25) is 0 Å². The van der Waals surface area contributed by atoms with E-state index in [0.717, 1.165) is 21.6 Å². The lowest BCUT2D eigenvalue weighted by Gasteiger charge is -2.09. The van der Waals surface area contributed by atoms with Gasteiger partial charge in [-0.25, -0.2) is 4.98 Å². The van der Waals surface area contributed by atoms with Gasteiger partial charge in [-0.05, 0) is 46.3 Å². The van der Waals surface area contributed by atoms with Crippen LogP contribution in [0.1, 0.15) is 0 Å². The molecule has 20 heavy (non-hydrogen) atoms. The van der Waals surface area contributed by atoms with Gasteiger partial charge >= 0.3 is 0 Å². The number of hydrogen-bond acceptors (Lipinski definition) is 4. The van der Waals surface area contributed by atoms with Crippen LogP contribution in [0, 0.1) is 0 Å². The Morgan fingerprint density at radius 3 is 2.10 bits per heavy atom. The predicted molar refractivity (Wildman–Crippen MR) is 82.8 cm³/mol. The van der Waals surface area contributed by atoms with Crippen LogP contribution < -0.4 is 5.73 Å². The number of halogens is 1. The SMILES string of the molecule is Nc1cc(-c2ccccn2)nc(-c2ccccn2)c1Br. The van der Waals surface area contributed by atoms with Crippen molar-refractivity contribution in [3.8, 4) is 22.8 Å². The van der Waals surface area contributed by atoms with E-state index in [-0.39, 0.29) is 0 Å². The van der Waals surface area contributed by atoms with Crippen molar-refractivity contribution in [2.75, 3.05) is 5.73 Å². The van der Waals surface area contributed by atoms with E-state index in [1.54, 1.807) is 18.5 Å². The highest BCUT2D eigenvalue weighted by atomic mass is 79.9. The monoisotopic (exact) mass is 326 g/mol. The number of nitrogens with zero attached hydrogens (tertiary/aromatic N) is 3. The zero-order valence-corrected chi connectivity index (χ0v) is 12.1. The van der Waals surface area contributed by atoms with Crippen LogP contribution in [0.15, 0.2) is 59.3 Å². The van der Waals surface area contributed by atoms with Crippen molar-refractivity contribution in [3.63, 3.8) is 0 Å². The number of hydrogen-bond donors (Lipinski definition) is 1. The van der Waals surface area contributed by atoms with Crippen LogP contribution in [0.5, 0.6) is 0 Å². The second kappa shape index (κ2) is 5.38. The quantitative estimate of drug-likeness (QED) is 0.782. The number of nitrogens with two attached hydrogens (primary N) is 1. The molecule has 3 aromatic heterocycles. The van der Waals surface area contributed by atoms with Crippen LogP contribution in [0.2, 0.25) is 0 Å². The molecule has 0 fully saturated rings. The molecular formula is C15H11BrN4. The number of aromatic nitrogens is 3. The molecule has 3 rings (SSSR count). The highest BCUT2D eigenvalue weighted by molar-refractivity contribution is 9.10. The lowest BCUT2D eigenvalue weighted by molar-refractivity contribution is 1.21. The van der Waals surface area contributed by atoms with Gasteiger partial charge in [-0.15, -0.1) is 0 Å². The molecule has 98 valence electrons. The zero-order valence-electron chi connectivity index (χ0n) is 10.5. The van der Waals surface area contributed by atoms with Crippen molar-refractivity contribution in [1.29, 1.82) is 0 Å². The van der Waals surface area contributed by atoms with Crippen molar-refractivity contribution in [2.24, 2.45) is 0 Å². The van der Waals surface area contributed by atoms with Crippen LogP contribution in [0.25, 0.3) is 22.8 Å². The maximum atomic E-state index is 6.05. The Morgan fingerprint density at radius 2 is 1.50 bits per heavy atom. The molecule has 0 radical (unpaired) electrons. The van der Waals surface area contributed by atoms with Crippen LogP contribution >= 0.6 is 15.9 Å². The molecule has 0 saturated carbocycles. The normalized spacial score (nSPS) is 10.4. The molecule has 0 aliphatic carbocycles. The summed E-state index contributed by atoms with van der Waals surface area (Å²) in [6.45, 7) is 0. The third kappa shape index (κ3) is 2.40. The van der Waals surface area contributed by atoms with Crippen molar-refractivity contribution >= 4 is 21.6 Å². The van der Waals surface area contributed by atoms with E-state index in [2.05, 4.69) is 30.9 Å². The predicted octanol–water partition coefficient (Wildman–Crippen LogP) is 3.55. The molecule has 0 atom stereocenters. The van der Waals surface area contributed by atoms with Crippen molar-refractivity contribution in [2.45, 2.75) is 0 Å². The summed E-state index contributed by atoms with van der Waals surface area (Å²) < 4.78 is 0.746. The van der Waals surface area contributed by atoms with Gasteiger partial charge in [0.1, 0.15) is 5.69 Å². The topological polar surface area (TPSA) is 64.7 Å². The number of nitrogen functional groups attached to an aromatic ring is 1. The van der Waals surface area contributed by atoms with E-state index in [4.69, 9.17) is 5.73 Å². The summed E-state index contributed by atoms with van der Waals surface area (Å²) in [5, 5.41) is 0. The molecule has 0 saturated heterocycles. The summed E-state index contributed by atoms with van der Waals surface area (Å²) in [7, 11) is 0. The van der Waals surface area contributed by atoms with E-state index in [0.29, 0.717) is 11.4 Å². The molecule has 4 nitrogen and oxygen atoms in total. The lowest BCUT2D eigenvalue weighted by atomic mass is 10.1. The van der Waals surface area contributed by atoms with E-state index in [1.807, 2.05) is 36.4 Å². The van der Waals surface area contributed by atoms with Crippen molar-refractivity contribution in [3.05, 3.63) is 59.3 Å². The fourth-order valence-electron chi connectivity index (χ4n) is 1.87. The molecule has 0 bridgehead atoms. The van der Waals surface area contributed by atoms with Crippen molar-refractivity contribution < 1.29 is 0 Å². The Hall–Kier alpha value is -2.27. The Kier molecular flexibility index (Phi) is 3.43. The minimum Gasteiger partial charge on any atom is -0.398 e. The second-order valence-electron chi connectivity index (χ2n) is 4.19. The summed E-state index contributed by atoms with van der Waals surface area (Å²) in [4.78, 5) is 13.2. The first-order valence-electron chi connectivity index (χ1n) is 6.04. The van der Waals surface area contributed by atoms with Gasteiger partial charge in [-0.3, -0.25) is 9.97 Å². The molecule has 0 aromatic carbocycles. The summed E-state index contributed by atoms with van der Waals surface area (Å²) in [5.74, 6) is 0. The third-order valence-electron chi connectivity index (χ3n) is 2.82. The van der Waals surface area contributed by atoms with E-state index in [1.165, 1.54) is 0 Å². The lowest BCUT2D eigenvalue weighted by Crippen LogP contribution is -1.97. The first-order valence-corrected chi connectivity index (χ1v) is 6.84. The Morgan fingerprint density at radius 1 is 0.850 bits per heavy atom. The molecule has 2 N–H and O–H groups in total. The van der Waals surface area contributed by atoms with Gasteiger partial charge in [0.15, 0.2) is 0 Å². The standard InChI is InChI=1S/C15H11BrN4/c16-14-10(17)9-13(11-5-1-3-7-18-11)20-15(14)12-6-2-4-8-19-12/h1-9H,(H2,17,20). The van der Waals surface area contributed by atoms with Gasteiger partial charge in [-0.1, -0.05) is 12.1 Å². The highest BCUT2D eigenvalue weighted by Crippen LogP contribution is 2.32. The third-order valence-corrected chi connectivity index (χ3v) is 3.65. The fourth-order valence-corrected chi connectivity index (χ4v) is 2.27. The second-order valence-corrected chi connectivity index (χ2v) is 4.98. The van der Waals surface area contributed by atoms with Gasteiger partial charge in [0.25, 0.3) is 0 Å². The van der Waals surface area contributed by atoms with E-state index in [9.17, 15) is 0 Å². The maximum absolute atomic E-state index is 6.05. The molecule has 0 aliphatic heterocycles. The van der Waals surface area contributed by atoms with Crippen LogP contribution in [-0.4, -0.2) is 15.0 Å². The highest BCUT2D eigenvalue weighted by Gasteiger charge is 2.12. The first-order chi connectivity index (χ1) is 9.75. The van der Waals surface area contributed by atoms with Gasteiger partial charge in [0.05, 0.1) is 27.2 Å². The minimum atomic E-state index is 0.612. The Balaban J connectivity index is 2.19. The molecule has 5 heteroatoms. The molecule has 0 spiro atoms. The van der Waals surface area contributed by atoms with Gasteiger partial charge in [0, 0.05) is 12.4 Å². The molecule has 0 aliphatic rings. The molecule has 0 amide bonds. The van der Waals surface area contributed by atoms with Crippen molar-refractivity contribution in [1.82, 2.24) is 15.0 Å². The zero-order chi connectivity index (χ0) is 13.9. The first kappa shape index (κ1) is 12.7. The molecule has 3 heterocycles. The van der Waals surface area contributed by atoms with E-state index < -0.39 is 0 Å². The van der Waals surface area contributed by atoms with Crippen LogP contribution in [0.3, 0.4) is 0 Å². The Labute approximate surface area is 124 Å². The summed E-state index contributed by atoms with van der Waals surface area (Å²) in [6, 6.07) is 13.2. The summed E-state index contributed by atoms with van der Waals surface area (Å²) in [5.41, 5.74) is 9.66. The average molecular weight is 327 g/mol.